The minimum absolute atomic E-state index is 0.0551. The van der Waals surface area contributed by atoms with Crippen LogP contribution >= 0.6 is 0 Å². The molecule has 0 bridgehead atoms. The van der Waals surface area contributed by atoms with Gasteiger partial charge in [0.2, 0.25) is 0 Å². The van der Waals surface area contributed by atoms with Crippen molar-refractivity contribution in [2.75, 3.05) is 26.0 Å². The van der Waals surface area contributed by atoms with Crippen molar-refractivity contribution in [1.82, 2.24) is 4.90 Å². The Morgan fingerprint density at radius 1 is 1.39 bits per heavy atom. The number of anilines is 1. The third-order valence-corrected chi connectivity index (χ3v) is 2.96. The quantitative estimate of drug-likeness (QED) is 0.832. The van der Waals surface area contributed by atoms with E-state index in [0.717, 1.165) is 19.4 Å². The Bertz CT molecular complexity index is 430. The molecule has 0 fully saturated rings. The standard InChI is InChI=1S/C14H20F2N2/c1-5-6-9-18(4)10(2)13-11(15)7-8-12(17-3)14(13)16/h7-8,17H,2,5-6,9H2,1,3-4H3. The van der Waals surface area contributed by atoms with Crippen LogP contribution < -0.4 is 5.32 Å². The maximum atomic E-state index is 14.1. The molecule has 1 aromatic carbocycles. The van der Waals surface area contributed by atoms with Crippen molar-refractivity contribution < 1.29 is 8.78 Å². The molecule has 0 heterocycles. The number of rotatable bonds is 6. The number of hydrogen-bond acceptors (Lipinski definition) is 2. The molecule has 18 heavy (non-hydrogen) atoms. The highest BCUT2D eigenvalue weighted by atomic mass is 19.1. The highest BCUT2D eigenvalue weighted by Gasteiger charge is 2.18. The van der Waals surface area contributed by atoms with E-state index in [1.807, 2.05) is 0 Å². The highest BCUT2D eigenvalue weighted by Crippen LogP contribution is 2.27. The lowest BCUT2D eigenvalue weighted by Gasteiger charge is -2.23. The van der Waals surface area contributed by atoms with Gasteiger partial charge in [-0.05, 0) is 18.6 Å². The summed E-state index contributed by atoms with van der Waals surface area (Å²) < 4.78 is 27.8. The molecular weight excluding hydrogens is 234 g/mol. The van der Waals surface area contributed by atoms with Crippen LogP contribution in [0.4, 0.5) is 14.5 Å². The van der Waals surface area contributed by atoms with Crippen LogP contribution in [0.15, 0.2) is 18.7 Å². The summed E-state index contributed by atoms with van der Waals surface area (Å²) in [5, 5.41) is 2.70. The third kappa shape index (κ3) is 3.00. The first-order valence-corrected chi connectivity index (χ1v) is 6.09. The van der Waals surface area contributed by atoms with E-state index in [9.17, 15) is 8.78 Å². The molecule has 1 aromatic rings. The molecule has 0 spiro atoms. The number of halogens is 2. The van der Waals surface area contributed by atoms with E-state index in [1.54, 1.807) is 19.0 Å². The maximum absolute atomic E-state index is 14.1. The molecule has 0 unspecified atom stereocenters. The van der Waals surface area contributed by atoms with Crippen molar-refractivity contribution in [2.45, 2.75) is 19.8 Å². The van der Waals surface area contributed by atoms with E-state index in [2.05, 4.69) is 18.8 Å². The summed E-state index contributed by atoms with van der Waals surface area (Å²) in [4.78, 5) is 1.78. The Labute approximate surface area is 107 Å². The molecular formula is C14H20F2N2. The van der Waals surface area contributed by atoms with Gasteiger partial charge in [-0.2, -0.15) is 0 Å². The second-order valence-corrected chi connectivity index (χ2v) is 4.26. The molecule has 0 aliphatic heterocycles. The first-order chi connectivity index (χ1) is 8.52. The Hall–Kier alpha value is -1.58. The third-order valence-electron chi connectivity index (χ3n) is 2.96. The van der Waals surface area contributed by atoms with Crippen molar-refractivity contribution in [3.8, 4) is 0 Å². The van der Waals surface area contributed by atoms with Gasteiger partial charge in [0.15, 0.2) is 5.82 Å². The van der Waals surface area contributed by atoms with Crippen molar-refractivity contribution >= 4 is 11.4 Å². The molecule has 0 atom stereocenters. The maximum Gasteiger partial charge on any atom is 0.158 e. The average molecular weight is 254 g/mol. The molecule has 0 aliphatic carbocycles. The fraction of sp³-hybridized carbons (Fsp3) is 0.429. The summed E-state index contributed by atoms with van der Waals surface area (Å²) in [5.74, 6) is -1.18. The molecule has 0 amide bonds. The molecule has 2 nitrogen and oxygen atoms in total. The van der Waals surface area contributed by atoms with Crippen molar-refractivity contribution in [3.05, 3.63) is 35.9 Å². The van der Waals surface area contributed by atoms with E-state index < -0.39 is 11.6 Å². The van der Waals surface area contributed by atoms with Gasteiger partial charge < -0.3 is 10.2 Å². The Morgan fingerprint density at radius 3 is 2.61 bits per heavy atom. The van der Waals surface area contributed by atoms with Crippen LogP contribution in [-0.2, 0) is 0 Å². The zero-order valence-electron chi connectivity index (χ0n) is 11.2. The zero-order chi connectivity index (χ0) is 13.7. The summed E-state index contributed by atoms with van der Waals surface area (Å²) in [7, 11) is 3.40. The summed E-state index contributed by atoms with van der Waals surface area (Å²) in [6, 6.07) is 2.64. The Balaban J connectivity index is 3.04. The van der Waals surface area contributed by atoms with Crippen molar-refractivity contribution in [1.29, 1.82) is 0 Å². The van der Waals surface area contributed by atoms with Crippen molar-refractivity contribution in [2.24, 2.45) is 0 Å². The van der Waals surface area contributed by atoms with Crippen LogP contribution in [0.1, 0.15) is 25.3 Å². The topological polar surface area (TPSA) is 15.3 Å². The summed E-state index contributed by atoms with van der Waals surface area (Å²) >= 11 is 0. The van der Waals surface area contributed by atoms with Crippen LogP contribution in [0, 0.1) is 11.6 Å². The average Bonchev–Trinajstić information content (AvgIpc) is 2.36. The van der Waals surface area contributed by atoms with Gasteiger partial charge in [0.1, 0.15) is 5.82 Å². The largest absolute Gasteiger partial charge is 0.386 e. The van der Waals surface area contributed by atoms with Crippen LogP contribution in [0.3, 0.4) is 0 Å². The van der Waals surface area contributed by atoms with E-state index in [-0.39, 0.29) is 11.3 Å². The monoisotopic (exact) mass is 254 g/mol. The number of nitrogens with zero attached hydrogens (tertiary/aromatic N) is 1. The molecule has 0 aromatic heterocycles. The fourth-order valence-electron chi connectivity index (χ4n) is 1.73. The van der Waals surface area contributed by atoms with Gasteiger partial charge in [-0.25, -0.2) is 8.78 Å². The number of unbranched alkanes of at least 4 members (excludes halogenated alkanes) is 1. The Morgan fingerprint density at radius 2 is 2.06 bits per heavy atom. The number of hydrogen-bond donors (Lipinski definition) is 1. The van der Waals surface area contributed by atoms with E-state index in [1.165, 1.54) is 12.1 Å². The summed E-state index contributed by atoms with van der Waals surface area (Å²) in [6.07, 6.45) is 1.99. The highest BCUT2D eigenvalue weighted by molar-refractivity contribution is 5.67. The molecule has 1 N–H and O–H groups in total. The van der Waals surface area contributed by atoms with E-state index in [4.69, 9.17) is 0 Å². The minimum atomic E-state index is -0.592. The Kier molecular flexibility index (Phi) is 5.13. The van der Waals surface area contributed by atoms with Crippen LogP contribution in [0.2, 0.25) is 0 Å². The lowest BCUT2D eigenvalue weighted by molar-refractivity contribution is 0.455. The second-order valence-electron chi connectivity index (χ2n) is 4.26. The summed E-state index contributed by atoms with van der Waals surface area (Å²) in [5.41, 5.74) is 0.590. The van der Waals surface area contributed by atoms with Crippen LogP contribution in [0.5, 0.6) is 0 Å². The lowest BCUT2D eigenvalue weighted by atomic mass is 10.1. The fourth-order valence-corrected chi connectivity index (χ4v) is 1.73. The molecule has 0 radical (unpaired) electrons. The SMILES string of the molecule is C=C(c1c(F)ccc(NC)c1F)N(C)CCCC. The minimum Gasteiger partial charge on any atom is -0.386 e. The van der Waals surface area contributed by atoms with Crippen molar-refractivity contribution in [3.63, 3.8) is 0 Å². The van der Waals surface area contributed by atoms with Crippen LogP contribution in [0.25, 0.3) is 5.70 Å². The molecule has 0 aliphatic rings. The van der Waals surface area contributed by atoms with Crippen LogP contribution in [-0.4, -0.2) is 25.5 Å². The number of nitrogens with one attached hydrogen (secondary N) is 1. The van der Waals surface area contributed by atoms with Gasteiger partial charge in [-0.3, -0.25) is 0 Å². The molecule has 100 valence electrons. The first-order valence-electron chi connectivity index (χ1n) is 6.09. The molecule has 0 saturated carbocycles. The molecule has 0 saturated heterocycles. The van der Waals surface area contributed by atoms with E-state index in [0.29, 0.717) is 5.70 Å². The molecule has 4 heteroatoms. The molecule has 1 rings (SSSR count). The number of benzene rings is 1. The zero-order valence-corrected chi connectivity index (χ0v) is 11.2. The van der Waals surface area contributed by atoms with Gasteiger partial charge in [-0.1, -0.05) is 19.9 Å². The lowest BCUT2D eigenvalue weighted by Crippen LogP contribution is -2.19. The normalized spacial score (nSPS) is 10.3. The predicted molar refractivity (Wildman–Crippen MR) is 72.5 cm³/mol. The smallest absolute Gasteiger partial charge is 0.158 e. The van der Waals surface area contributed by atoms with E-state index >= 15 is 0 Å². The van der Waals surface area contributed by atoms with Gasteiger partial charge >= 0.3 is 0 Å². The van der Waals surface area contributed by atoms with Gasteiger partial charge in [0.25, 0.3) is 0 Å². The second kappa shape index (κ2) is 6.38. The van der Waals surface area contributed by atoms with Gasteiger partial charge in [0, 0.05) is 26.3 Å². The summed E-state index contributed by atoms with van der Waals surface area (Å²) in [6.45, 7) is 6.60. The van der Waals surface area contributed by atoms with Gasteiger partial charge in [0.05, 0.1) is 11.3 Å². The predicted octanol–water partition coefficient (Wildman–Crippen LogP) is 3.71. The van der Waals surface area contributed by atoms with Gasteiger partial charge in [-0.15, -0.1) is 0 Å². The first kappa shape index (κ1) is 14.5.